The first-order valence-electron chi connectivity index (χ1n) is 11.6. The van der Waals surface area contributed by atoms with E-state index in [0.717, 1.165) is 83.1 Å². The Morgan fingerprint density at radius 2 is 1.97 bits per heavy atom. The van der Waals surface area contributed by atoms with Crippen molar-refractivity contribution in [3.8, 4) is 0 Å². The molecule has 0 saturated carbocycles. The number of hydrogen-bond acceptors (Lipinski definition) is 9. The quantitative estimate of drug-likeness (QED) is 0.602. The van der Waals surface area contributed by atoms with Gasteiger partial charge in [0.25, 0.3) is 0 Å². The maximum atomic E-state index is 5.47. The second kappa shape index (κ2) is 10.4. The van der Waals surface area contributed by atoms with Crippen LogP contribution in [0, 0.1) is 0 Å². The fraction of sp³-hybridized carbons (Fsp3) is 0.565. The van der Waals surface area contributed by atoms with Crippen molar-refractivity contribution in [3.63, 3.8) is 0 Å². The van der Waals surface area contributed by atoms with Crippen LogP contribution in [0.1, 0.15) is 12.0 Å². The predicted octanol–water partition coefficient (Wildman–Crippen LogP) is 1.35. The topological polar surface area (TPSA) is 67.7 Å². The Morgan fingerprint density at radius 3 is 2.78 bits per heavy atom. The van der Waals surface area contributed by atoms with Gasteiger partial charge in [-0.15, -0.1) is 0 Å². The highest BCUT2D eigenvalue weighted by atomic mass is 32.2. The lowest BCUT2D eigenvalue weighted by molar-refractivity contribution is 0.0373. The van der Waals surface area contributed by atoms with E-state index in [1.165, 1.54) is 16.8 Å². The van der Waals surface area contributed by atoms with Crippen molar-refractivity contribution in [2.24, 2.45) is 9.98 Å². The number of rotatable bonds is 7. The number of hydrazine groups is 1. The van der Waals surface area contributed by atoms with Crippen LogP contribution in [0.15, 0.2) is 51.6 Å². The summed E-state index contributed by atoms with van der Waals surface area (Å²) in [6, 6.07) is 11.0. The Morgan fingerprint density at radius 1 is 1.12 bits per heavy atom. The van der Waals surface area contributed by atoms with Gasteiger partial charge in [-0.05, 0) is 36.9 Å². The molecule has 1 atom stereocenters. The average molecular weight is 456 g/mol. The van der Waals surface area contributed by atoms with Crippen LogP contribution in [0.5, 0.6) is 0 Å². The molecule has 0 aromatic heterocycles. The number of nitrogens with zero attached hydrogens (tertiary/aromatic N) is 5. The highest BCUT2D eigenvalue weighted by Gasteiger charge is 2.34. The molecule has 4 aliphatic heterocycles. The smallest absolute Gasteiger partial charge is 0.247 e. The van der Waals surface area contributed by atoms with Gasteiger partial charge in [0.1, 0.15) is 0 Å². The lowest BCUT2D eigenvalue weighted by Crippen LogP contribution is -2.52. The van der Waals surface area contributed by atoms with Crippen LogP contribution >= 0.6 is 11.8 Å². The van der Waals surface area contributed by atoms with Crippen LogP contribution in [-0.2, 0) is 11.3 Å². The van der Waals surface area contributed by atoms with Gasteiger partial charge in [0, 0.05) is 32.7 Å². The summed E-state index contributed by atoms with van der Waals surface area (Å²) in [6.07, 6.45) is 3.18. The second-order valence-electron chi connectivity index (χ2n) is 8.69. The molecule has 4 heterocycles. The highest BCUT2D eigenvalue weighted by molar-refractivity contribution is 8.13. The largest absolute Gasteiger partial charge is 0.379 e. The molecule has 0 aliphatic carbocycles. The van der Waals surface area contributed by atoms with E-state index in [1.807, 2.05) is 6.26 Å². The molecule has 0 amide bonds. The van der Waals surface area contributed by atoms with Gasteiger partial charge >= 0.3 is 0 Å². The van der Waals surface area contributed by atoms with Crippen molar-refractivity contribution in [2.45, 2.75) is 19.0 Å². The summed E-state index contributed by atoms with van der Waals surface area (Å²) in [5.74, 6) is 0.796. The van der Waals surface area contributed by atoms with Crippen LogP contribution < -0.4 is 10.7 Å². The molecule has 2 N–H and O–H groups in total. The summed E-state index contributed by atoms with van der Waals surface area (Å²) in [4.78, 5) is 14.7. The molecular formula is C23H33N7OS. The molecular weight excluding hydrogens is 422 g/mol. The van der Waals surface area contributed by atoms with Crippen molar-refractivity contribution in [1.82, 2.24) is 25.6 Å². The minimum atomic E-state index is 0.232. The van der Waals surface area contributed by atoms with Crippen LogP contribution in [0.4, 0.5) is 0 Å². The van der Waals surface area contributed by atoms with E-state index < -0.39 is 0 Å². The number of amidine groups is 1. The SMILES string of the molecule is CSC1=NC2=NC3=C(CN(Cc4ccccc4)CC3NCCCN3CCOCC3)CN2N1. The Balaban J connectivity index is 1.26. The van der Waals surface area contributed by atoms with Crippen LogP contribution in [0.3, 0.4) is 0 Å². The third-order valence-corrected chi connectivity index (χ3v) is 6.95. The molecule has 0 radical (unpaired) electrons. The van der Waals surface area contributed by atoms with E-state index in [0.29, 0.717) is 0 Å². The number of morpholine rings is 1. The Kier molecular flexibility index (Phi) is 7.09. The van der Waals surface area contributed by atoms with E-state index in [-0.39, 0.29) is 6.04 Å². The summed E-state index contributed by atoms with van der Waals surface area (Å²) in [6.45, 7) is 9.64. The third kappa shape index (κ3) is 5.18. The van der Waals surface area contributed by atoms with Crippen molar-refractivity contribution >= 4 is 22.9 Å². The number of aliphatic imine (C=N–C) groups is 2. The van der Waals surface area contributed by atoms with Gasteiger partial charge in [-0.2, -0.15) is 4.99 Å². The lowest BCUT2D eigenvalue weighted by atomic mass is 9.99. The van der Waals surface area contributed by atoms with Gasteiger partial charge in [0.05, 0.1) is 31.5 Å². The molecule has 32 heavy (non-hydrogen) atoms. The van der Waals surface area contributed by atoms with E-state index in [9.17, 15) is 0 Å². The van der Waals surface area contributed by atoms with Gasteiger partial charge in [0.15, 0.2) is 5.17 Å². The molecule has 5 rings (SSSR count). The zero-order valence-corrected chi connectivity index (χ0v) is 19.6. The first kappa shape index (κ1) is 21.9. The lowest BCUT2D eigenvalue weighted by Gasteiger charge is -2.39. The van der Waals surface area contributed by atoms with Crippen molar-refractivity contribution in [1.29, 1.82) is 0 Å². The molecule has 4 aliphatic rings. The van der Waals surface area contributed by atoms with E-state index in [4.69, 9.17) is 9.73 Å². The number of benzene rings is 1. The number of hydrogen-bond donors (Lipinski definition) is 2. The van der Waals surface area contributed by atoms with Gasteiger partial charge in [-0.1, -0.05) is 42.1 Å². The van der Waals surface area contributed by atoms with Gasteiger partial charge in [-0.25, -0.2) is 10.0 Å². The Bertz CT molecular complexity index is 882. The molecule has 0 bridgehead atoms. The predicted molar refractivity (Wildman–Crippen MR) is 131 cm³/mol. The molecule has 1 aromatic carbocycles. The molecule has 1 saturated heterocycles. The summed E-state index contributed by atoms with van der Waals surface area (Å²) in [5, 5.41) is 6.82. The van der Waals surface area contributed by atoms with Crippen LogP contribution in [-0.4, -0.2) is 97.3 Å². The summed E-state index contributed by atoms with van der Waals surface area (Å²) >= 11 is 1.62. The van der Waals surface area contributed by atoms with E-state index in [2.05, 4.69) is 60.9 Å². The normalized spacial score (nSPS) is 24.0. The van der Waals surface area contributed by atoms with E-state index in [1.54, 1.807) is 11.8 Å². The fourth-order valence-electron chi connectivity index (χ4n) is 4.75. The minimum absolute atomic E-state index is 0.232. The highest BCUT2D eigenvalue weighted by Crippen LogP contribution is 2.27. The third-order valence-electron chi connectivity index (χ3n) is 6.38. The molecule has 9 heteroatoms. The zero-order valence-electron chi connectivity index (χ0n) is 18.8. The molecule has 1 aromatic rings. The first-order valence-corrected chi connectivity index (χ1v) is 12.8. The number of nitrogens with one attached hydrogen (secondary N) is 2. The monoisotopic (exact) mass is 455 g/mol. The first-order chi connectivity index (χ1) is 15.8. The van der Waals surface area contributed by atoms with Crippen LogP contribution in [0.2, 0.25) is 0 Å². The molecule has 172 valence electrons. The molecule has 0 spiro atoms. The zero-order chi connectivity index (χ0) is 21.8. The molecule has 8 nitrogen and oxygen atoms in total. The summed E-state index contributed by atoms with van der Waals surface area (Å²) in [7, 11) is 0. The molecule has 1 fully saturated rings. The number of guanidine groups is 1. The standard InChI is InChI=1S/C23H33N7OS/c1-32-23-26-22-25-21-19(16-30(22)27-23)15-29(14-18-6-3-2-4-7-18)17-20(21)24-8-5-9-28-10-12-31-13-11-28/h2-4,6-7,20,24H,5,8-17H2,1H3,(H,25,26,27). The van der Waals surface area contributed by atoms with Gasteiger partial charge in [0.2, 0.25) is 5.96 Å². The molecule has 1 unspecified atom stereocenters. The Labute approximate surface area is 194 Å². The maximum absolute atomic E-state index is 5.47. The average Bonchev–Trinajstić information content (AvgIpc) is 3.24. The van der Waals surface area contributed by atoms with Crippen molar-refractivity contribution in [3.05, 3.63) is 47.2 Å². The minimum Gasteiger partial charge on any atom is -0.379 e. The van der Waals surface area contributed by atoms with Gasteiger partial charge < -0.3 is 10.1 Å². The number of ether oxygens (including phenoxy) is 1. The van der Waals surface area contributed by atoms with Crippen LogP contribution in [0.25, 0.3) is 0 Å². The second-order valence-corrected chi connectivity index (χ2v) is 9.48. The summed E-state index contributed by atoms with van der Waals surface area (Å²) < 4.78 is 5.47. The fourth-order valence-corrected chi connectivity index (χ4v) is 5.12. The summed E-state index contributed by atoms with van der Waals surface area (Å²) in [5.41, 5.74) is 7.30. The maximum Gasteiger partial charge on any atom is 0.247 e. The van der Waals surface area contributed by atoms with E-state index >= 15 is 0 Å². The van der Waals surface area contributed by atoms with Gasteiger partial charge in [-0.3, -0.25) is 15.2 Å². The number of thioether (sulfide) groups is 1. The Hall–Kier alpha value is -1.91. The van der Waals surface area contributed by atoms with Crippen molar-refractivity contribution in [2.75, 3.05) is 65.3 Å². The van der Waals surface area contributed by atoms with Crippen molar-refractivity contribution < 1.29 is 4.74 Å². The number of fused-ring (bicyclic) bond motifs is 1.